The van der Waals surface area contributed by atoms with Crippen molar-refractivity contribution in [1.29, 1.82) is 0 Å². The van der Waals surface area contributed by atoms with E-state index in [4.69, 9.17) is 9.47 Å². The first-order chi connectivity index (χ1) is 10.4. The molecule has 0 aromatic heterocycles. The van der Waals surface area contributed by atoms with Crippen LogP contribution in [0.2, 0.25) is 0 Å². The number of ether oxygens (including phenoxy) is 2. The van der Waals surface area contributed by atoms with Crippen molar-refractivity contribution in [2.24, 2.45) is 0 Å². The molecule has 0 spiro atoms. The fraction of sp³-hybridized carbons (Fsp3) is 0.500. The van der Waals surface area contributed by atoms with Crippen molar-refractivity contribution < 1.29 is 22.7 Å². The van der Waals surface area contributed by atoms with Gasteiger partial charge in [-0.3, -0.25) is 4.79 Å². The summed E-state index contributed by atoms with van der Waals surface area (Å²) >= 11 is 0. The number of amides is 1. The number of carbonyl (C=O) groups excluding carboxylic acids is 1. The first kappa shape index (κ1) is 18.4. The lowest BCUT2D eigenvalue weighted by Gasteiger charge is -2.13. The summed E-state index contributed by atoms with van der Waals surface area (Å²) in [6, 6.07) is 6.25. The Labute approximate surface area is 131 Å². The van der Waals surface area contributed by atoms with E-state index in [2.05, 4.69) is 10.0 Å². The third kappa shape index (κ3) is 6.42. The van der Waals surface area contributed by atoms with Gasteiger partial charge in [-0.15, -0.1) is 0 Å². The van der Waals surface area contributed by atoms with Crippen LogP contribution in [0.4, 0.5) is 0 Å². The van der Waals surface area contributed by atoms with Crippen molar-refractivity contribution in [2.45, 2.75) is 13.0 Å². The van der Waals surface area contributed by atoms with Gasteiger partial charge in [0.05, 0.1) is 19.5 Å². The van der Waals surface area contributed by atoms with Gasteiger partial charge in [-0.1, -0.05) is 0 Å². The summed E-state index contributed by atoms with van der Waals surface area (Å²) in [5.74, 6) is 0.126. The van der Waals surface area contributed by atoms with Crippen LogP contribution in [0.15, 0.2) is 24.3 Å². The molecule has 7 nitrogen and oxygen atoms in total. The Morgan fingerprint density at radius 3 is 2.41 bits per heavy atom. The third-order valence-electron chi connectivity index (χ3n) is 2.81. The fourth-order valence-electron chi connectivity index (χ4n) is 1.79. The summed E-state index contributed by atoms with van der Waals surface area (Å²) < 4.78 is 35.9. The maximum atomic E-state index is 11.9. The molecule has 0 saturated heterocycles. The molecule has 1 amide bonds. The summed E-state index contributed by atoms with van der Waals surface area (Å²) in [6.07, 6.45) is 0. The first-order valence-corrected chi connectivity index (χ1v) is 8.44. The highest BCUT2D eigenvalue weighted by Gasteiger charge is 2.15. The van der Waals surface area contributed by atoms with Gasteiger partial charge >= 0.3 is 0 Å². The predicted molar refractivity (Wildman–Crippen MR) is 83.6 cm³/mol. The second-order valence-electron chi connectivity index (χ2n) is 4.78. The zero-order chi connectivity index (χ0) is 16.6. The van der Waals surface area contributed by atoms with Crippen LogP contribution in [-0.2, 0) is 14.8 Å². The summed E-state index contributed by atoms with van der Waals surface area (Å²) in [5.41, 5.74) is 0.443. The lowest BCUT2D eigenvalue weighted by Crippen LogP contribution is -2.40. The second-order valence-corrected chi connectivity index (χ2v) is 6.65. The zero-order valence-corrected chi connectivity index (χ0v) is 13.8. The average molecular weight is 330 g/mol. The quantitative estimate of drug-likeness (QED) is 0.683. The summed E-state index contributed by atoms with van der Waals surface area (Å²) in [4.78, 5) is 11.9. The maximum absolute atomic E-state index is 11.9. The third-order valence-corrected chi connectivity index (χ3v) is 4.31. The lowest BCUT2D eigenvalue weighted by molar-refractivity contribution is 0.0956. The van der Waals surface area contributed by atoms with E-state index in [1.165, 1.54) is 14.2 Å². The van der Waals surface area contributed by atoms with E-state index in [0.717, 1.165) is 0 Å². The van der Waals surface area contributed by atoms with Crippen LogP contribution in [0.1, 0.15) is 17.3 Å². The van der Waals surface area contributed by atoms with Gasteiger partial charge in [-0.2, -0.15) is 0 Å². The highest BCUT2D eigenvalue weighted by molar-refractivity contribution is 7.89. The molecule has 0 heterocycles. The minimum atomic E-state index is -3.46. The van der Waals surface area contributed by atoms with Crippen LogP contribution < -0.4 is 14.8 Å². The Kier molecular flexibility index (Phi) is 7.30. The van der Waals surface area contributed by atoms with E-state index in [9.17, 15) is 13.2 Å². The number of hydrogen-bond donors (Lipinski definition) is 2. The standard InChI is InChI=1S/C14H22N2O5S/c1-11(10-20-2)16-22(18,19)9-8-15-14(17)12-4-6-13(21-3)7-5-12/h4-7,11,16H,8-10H2,1-3H3,(H,15,17). The van der Waals surface area contributed by atoms with Gasteiger partial charge in [-0.05, 0) is 31.2 Å². The van der Waals surface area contributed by atoms with Crippen LogP contribution in [0.25, 0.3) is 0 Å². The largest absolute Gasteiger partial charge is 0.497 e. The number of carbonyl (C=O) groups is 1. The number of sulfonamides is 1. The van der Waals surface area contributed by atoms with Crippen LogP contribution in [0.5, 0.6) is 5.75 Å². The Morgan fingerprint density at radius 2 is 1.86 bits per heavy atom. The van der Waals surface area contributed by atoms with E-state index in [1.54, 1.807) is 31.2 Å². The van der Waals surface area contributed by atoms with Crippen molar-refractivity contribution in [3.63, 3.8) is 0 Å². The number of hydrogen-bond acceptors (Lipinski definition) is 5. The molecule has 1 unspecified atom stereocenters. The van der Waals surface area contributed by atoms with Gasteiger partial charge in [0.1, 0.15) is 5.75 Å². The van der Waals surface area contributed by atoms with Gasteiger partial charge in [0.25, 0.3) is 5.91 Å². The zero-order valence-electron chi connectivity index (χ0n) is 13.0. The highest BCUT2D eigenvalue weighted by atomic mass is 32.2. The molecule has 124 valence electrons. The minimum absolute atomic E-state index is 0.0277. The van der Waals surface area contributed by atoms with Crippen LogP contribution in [-0.4, -0.2) is 53.5 Å². The summed E-state index contributed by atoms with van der Waals surface area (Å²) in [6.45, 7) is 2.02. The van der Waals surface area contributed by atoms with E-state index < -0.39 is 10.0 Å². The van der Waals surface area contributed by atoms with Gasteiger partial charge < -0.3 is 14.8 Å². The second kappa shape index (κ2) is 8.72. The minimum Gasteiger partial charge on any atom is -0.497 e. The number of nitrogens with one attached hydrogen (secondary N) is 2. The first-order valence-electron chi connectivity index (χ1n) is 6.79. The average Bonchev–Trinajstić information content (AvgIpc) is 2.46. The monoisotopic (exact) mass is 330 g/mol. The van der Waals surface area contributed by atoms with Crippen molar-refractivity contribution >= 4 is 15.9 Å². The van der Waals surface area contributed by atoms with Gasteiger partial charge in [0, 0.05) is 25.3 Å². The molecule has 2 N–H and O–H groups in total. The van der Waals surface area contributed by atoms with E-state index in [-0.39, 0.29) is 30.9 Å². The van der Waals surface area contributed by atoms with Crippen LogP contribution in [0.3, 0.4) is 0 Å². The van der Waals surface area contributed by atoms with Crippen LogP contribution in [0, 0.1) is 0 Å². The maximum Gasteiger partial charge on any atom is 0.251 e. The molecule has 0 saturated carbocycles. The molecule has 0 aliphatic rings. The molecule has 1 atom stereocenters. The number of methoxy groups -OCH3 is 2. The van der Waals surface area contributed by atoms with Gasteiger partial charge in [0.15, 0.2) is 0 Å². The number of benzene rings is 1. The molecule has 1 aromatic carbocycles. The highest BCUT2D eigenvalue weighted by Crippen LogP contribution is 2.10. The Hall–Kier alpha value is -1.64. The van der Waals surface area contributed by atoms with Gasteiger partial charge in [0.2, 0.25) is 10.0 Å². The molecule has 1 rings (SSSR count). The summed E-state index contributed by atoms with van der Waals surface area (Å²) in [7, 11) is -0.417. The SMILES string of the molecule is COCC(C)NS(=O)(=O)CCNC(=O)c1ccc(OC)cc1. The Balaban J connectivity index is 2.43. The van der Waals surface area contributed by atoms with Crippen molar-refractivity contribution in [3.8, 4) is 5.75 Å². The molecule has 0 radical (unpaired) electrons. The van der Waals surface area contributed by atoms with Crippen molar-refractivity contribution in [1.82, 2.24) is 10.0 Å². The van der Waals surface area contributed by atoms with Gasteiger partial charge in [-0.25, -0.2) is 13.1 Å². The van der Waals surface area contributed by atoms with E-state index >= 15 is 0 Å². The molecule has 8 heteroatoms. The van der Waals surface area contributed by atoms with Crippen molar-refractivity contribution in [2.75, 3.05) is 33.1 Å². The number of rotatable bonds is 9. The molecule has 1 aromatic rings. The smallest absolute Gasteiger partial charge is 0.251 e. The molecular weight excluding hydrogens is 308 g/mol. The molecule has 0 aliphatic heterocycles. The Bertz CT molecular complexity index is 571. The molecule has 0 fully saturated rings. The Morgan fingerprint density at radius 1 is 1.23 bits per heavy atom. The molecule has 22 heavy (non-hydrogen) atoms. The fourth-order valence-corrected chi connectivity index (χ4v) is 2.96. The normalized spacial score (nSPS) is 12.7. The topological polar surface area (TPSA) is 93.7 Å². The van der Waals surface area contributed by atoms with E-state index in [0.29, 0.717) is 11.3 Å². The predicted octanol–water partition coefficient (Wildman–Crippen LogP) is 0.379. The molecule has 0 bridgehead atoms. The summed E-state index contributed by atoms with van der Waals surface area (Å²) in [5, 5.41) is 2.57. The van der Waals surface area contributed by atoms with Crippen molar-refractivity contribution in [3.05, 3.63) is 29.8 Å². The van der Waals surface area contributed by atoms with E-state index in [1.807, 2.05) is 0 Å². The molecular formula is C14H22N2O5S. The van der Waals surface area contributed by atoms with Crippen LogP contribution >= 0.6 is 0 Å². The molecule has 0 aliphatic carbocycles. The lowest BCUT2D eigenvalue weighted by atomic mass is 10.2.